The summed E-state index contributed by atoms with van der Waals surface area (Å²) in [7, 11) is 0. The minimum Gasteiger partial charge on any atom is -0.478 e. The third-order valence-electron chi connectivity index (χ3n) is 2.69. The van der Waals surface area contributed by atoms with E-state index in [0.717, 1.165) is 17.7 Å². The Kier molecular flexibility index (Phi) is 4.84. The molecule has 21 heavy (non-hydrogen) atoms. The van der Waals surface area contributed by atoms with E-state index in [2.05, 4.69) is 5.32 Å². The lowest BCUT2D eigenvalue weighted by Crippen LogP contribution is -2.23. The lowest BCUT2D eigenvalue weighted by Gasteiger charge is -2.05. The number of benzene rings is 1. The number of carboxylic acids is 1. The van der Waals surface area contributed by atoms with E-state index < -0.39 is 17.7 Å². The van der Waals surface area contributed by atoms with Gasteiger partial charge in [0.15, 0.2) is 0 Å². The van der Waals surface area contributed by atoms with Crippen LogP contribution in [0.15, 0.2) is 41.1 Å². The maximum atomic E-state index is 13.9. The van der Waals surface area contributed by atoms with Crippen molar-refractivity contribution in [3.8, 4) is 0 Å². The number of amides is 1. The van der Waals surface area contributed by atoms with Crippen LogP contribution < -0.4 is 5.32 Å². The van der Waals surface area contributed by atoms with Gasteiger partial charge in [-0.05, 0) is 46.2 Å². The normalized spacial score (nSPS) is 10.7. The van der Waals surface area contributed by atoms with Crippen molar-refractivity contribution in [3.63, 3.8) is 0 Å². The van der Waals surface area contributed by atoms with Gasteiger partial charge in [-0.25, -0.2) is 9.18 Å². The fourth-order valence-corrected chi connectivity index (χ4v) is 2.33. The standard InChI is InChI=1S/C15H12FNO3S/c16-13-7-10(2-4-14(18)19)1-3-12(13)15(20)17-8-11-5-6-21-9-11/h1-7,9H,8H2,(H,17,20)(H,18,19). The van der Waals surface area contributed by atoms with Gasteiger partial charge in [0.05, 0.1) is 5.56 Å². The molecule has 2 aromatic rings. The number of carboxylic acid groups (broad SMARTS) is 1. The monoisotopic (exact) mass is 305 g/mol. The molecule has 0 saturated carbocycles. The van der Waals surface area contributed by atoms with E-state index in [0.29, 0.717) is 12.1 Å². The van der Waals surface area contributed by atoms with E-state index >= 15 is 0 Å². The molecule has 0 aliphatic carbocycles. The minimum atomic E-state index is -1.12. The van der Waals surface area contributed by atoms with Crippen LogP contribution >= 0.6 is 11.3 Å². The lowest BCUT2D eigenvalue weighted by molar-refractivity contribution is -0.131. The molecule has 0 unspecified atom stereocenters. The van der Waals surface area contributed by atoms with Crippen LogP contribution in [-0.2, 0) is 11.3 Å². The fraction of sp³-hybridized carbons (Fsp3) is 0.0667. The predicted octanol–water partition coefficient (Wildman–Crippen LogP) is 2.92. The minimum absolute atomic E-state index is 0.0716. The van der Waals surface area contributed by atoms with Crippen molar-refractivity contribution in [2.45, 2.75) is 6.54 Å². The number of carbonyl (C=O) groups is 2. The molecule has 1 heterocycles. The maximum Gasteiger partial charge on any atom is 0.328 e. The van der Waals surface area contributed by atoms with Gasteiger partial charge in [-0.2, -0.15) is 11.3 Å². The smallest absolute Gasteiger partial charge is 0.328 e. The topological polar surface area (TPSA) is 66.4 Å². The van der Waals surface area contributed by atoms with Crippen LogP contribution in [0.25, 0.3) is 6.08 Å². The highest BCUT2D eigenvalue weighted by Gasteiger charge is 2.11. The van der Waals surface area contributed by atoms with E-state index in [1.807, 2.05) is 16.8 Å². The Labute approximate surface area is 124 Å². The van der Waals surface area contributed by atoms with Gasteiger partial charge in [-0.15, -0.1) is 0 Å². The summed E-state index contributed by atoms with van der Waals surface area (Å²) in [5.41, 5.74) is 1.26. The Morgan fingerprint density at radius 3 is 2.76 bits per heavy atom. The van der Waals surface area contributed by atoms with Crippen LogP contribution in [0.4, 0.5) is 4.39 Å². The van der Waals surface area contributed by atoms with Crippen molar-refractivity contribution in [1.29, 1.82) is 0 Å². The number of halogens is 1. The first-order chi connectivity index (χ1) is 10.1. The van der Waals surface area contributed by atoms with E-state index in [4.69, 9.17) is 5.11 Å². The van der Waals surface area contributed by atoms with E-state index in [1.54, 1.807) is 0 Å². The summed E-state index contributed by atoms with van der Waals surface area (Å²) in [6.45, 7) is 0.336. The second-order valence-corrected chi connectivity index (χ2v) is 5.01. The molecule has 6 heteroatoms. The first-order valence-electron chi connectivity index (χ1n) is 6.06. The summed E-state index contributed by atoms with van der Waals surface area (Å²) in [6.07, 6.45) is 2.17. The molecular formula is C15H12FNO3S. The van der Waals surface area contributed by atoms with Crippen LogP contribution in [0.1, 0.15) is 21.5 Å². The van der Waals surface area contributed by atoms with Crippen molar-refractivity contribution in [3.05, 3.63) is 63.6 Å². The van der Waals surface area contributed by atoms with Gasteiger partial charge in [0, 0.05) is 12.6 Å². The molecule has 0 atom stereocenters. The van der Waals surface area contributed by atoms with Crippen molar-refractivity contribution >= 4 is 29.3 Å². The molecule has 2 N–H and O–H groups in total. The summed E-state index contributed by atoms with van der Waals surface area (Å²) >= 11 is 1.52. The van der Waals surface area contributed by atoms with Crippen molar-refractivity contribution in [2.75, 3.05) is 0 Å². The molecule has 1 aromatic carbocycles. The van der Waals surface area contributed by atoms with Gasteiger partial charge >= 0.3 is 5.97 Å². The van der Waals surface area contributed by atoms with Crippen molar-refractivity contribution in [2.24, 2.45) is 0 Å². The molecule has 0 bridgehead atoms. The highest BCUT2D eigenvalue weighted by atomic mass is 32.1. The summed E-state index contributed by atoms with van der Waals surface area (Å²) in [6, 6.07) is 5.82. The fourth-order valence-electron chi connectivity index (χ4n) is 1.66. The zero-order valence-electron chi connectivity index (χ0n) is 10.9. The molecule has 2 rings (SSSR count). The third kappa shape index (κ3) is 4.25. The lowest BCUT2D eigenvalue weighted by atomic mass is 10.1. The molecule has 0 spiro atoms. The van der Waals surface area contributed by atoms with Crippen LogP contribution in [0.3, 0.4) is 0 Å². The summed E-state index contributed by atoms with van der Waals surface area (Å²) in [4.78, 5) is 22.3. The van der Waals surface area contributed by atoms with Crippen LogP contribution in [0, 0.1) is 5.82 Å². The number of thiophene rings is 1. The number of aliphatic carboxylic acids is 1. The third-order valence-corrected chi connectivity index (χ3v) is 3.42. The number of hydrogen-bond acceptors (Lipinski definition) is 3. The van der Waals surface area contributed by atoms with Crippen LogP contribution in [-0.4, -0.2) is 17.0 Å². The second-order valence-electron chi connectivity index (χ2n) is 4.23. The molecule has 0 aliphatic rings. The second kappa shape index (κ2) is 6.81. The average Bonchev–Trinajstić information content (AvgIpc) is 2.96. The molecular weight excluding hydrogens is 293 g/mol. The molecule has 0 aliphatic heterocycles. The Morgan fingerprint density at radius 2 is 2.14 bits per heavy atom. The van der Waals surface area contributed by atoms with Crippen LogP contribution in [0.5, 0.6) is 0 Å². The average molecular weight is 305 g/mol. The molecule has 0 fully saturated rings. The van der Waals surface area contributed by atoms with Crippen LogP contribution in [0.2, 0.25) is 0 Å². The van der Waals surface area contributed by atoms with E-state index in [-0.39, 0.29) is 5.56 Å². The van der Waals surface area contributed by atoms with Gasteiger partial charge in [0.25, 0.3) is 5.91 Å². The van der Waals surface area contributed by atoms with E-state index in [9.17, 15) is 14.0 Å². The van der Waals surface area contributed by atoms with Gasteiger partial charge < -0.3 is 10.4 Å². The molecule has 0 saturated heterocycles. The molecule has 0 radical (unpaired) electrons. The molecule has 1 amide bonds. The van der Waals surface area contributed by atoms with Gasteiger partial charge in [0.2, 0.25) is 0 Å². The highest BCUT2D eigenvalue weighted by molar-refractivity contribution is 7.07. The maximum absolute atomic E-state index is 13.9. The number of nitrogens with one attached hydrogen (secondary N) is 1. The number of hydrogen-bond donors (Lipinski definition) is 2. The first kappa shape index (κ1) is 14.9. The predicted molar refractivity (Wildman–Crippen MR) is 78.6 cm³/mol. The summed E-state index contributed by atoms with van der Waals surface area (Å²) < 4.78 is 13.9. The highest BCUT2D eigenvalue weighted by Crippen LogP contribution is 2.12. The Balaban J connectivity index is 2.05. The molecule has 108 valence electrons. The Morgan fingerprint density at radius 1 is 1.33 bits per heavy atom. The number of rotatable bonds is 5. The van der Waals surface area contributed by atoms with Gasteiger partial charge in [0.1, 0.15) is 5.82 Å². The van der Waals surface area contributed by atoms with E-state index in [1.165, 1.54) is 29.5 Å². The zero-order chi connectivity index (χ0) is 15.2. The SMILES string of the molecule is O=C(O)C=Cc1ccc(C(=O)NCc2ccsc2)c(F)c1. The summed E-state index contributed by atoms with van der Waals surface area (Å²) in [5, 5.41) is 14.9. The van der Waals surface area contributed by atoms with Crippen molar-refractivity contribution in [1.82, 2.24) is 5.32 Å². The van der Waals surface area contributed by atoms with Crippen molar-refractivity contribution < 1.29 is 19.1 Å². The quantitative estimate of drug-likeness (QED) is 0.835. The summed E-state index contributed by atoms with van der Waals surface area (Å²) in [5.74, 6) is -2.31. The zero-order valence-corrected chi connectivity index (χ0v) is 11.7. The Bertz CT molecular complexity index is 680. The largest absolute Gasteiger partial charge is 0.478 e. The van der Waals surface area contributed by atoms with Gasteiger partial charge in [-0.3, -0.25) is 4.79 Å². The van der Waals surface area contributed by atoms with Gasteiger partial charge in [-0.1, -0.05) is 6.07 Å². The molecule has 1 aromatic heterocycles. The number of carbonyl (C=O) groups excluding carboxylic acids is 1. The Hall–Kier alpha value is -2.47. The first-order valence-corrected chi connectivity index (χ1v) is 7.00. The molecule has 4 nitrogen and oxygen atoms in total.